The van der Waals surface area contributed by atoms with E-state index >= 15 is 0 Å². The fourth-order valence-electron chi connectivity index (χ4n) is 2.91. The zero-order valence-electron chi connectivity index (χ0n) is 14.0. The predicted octanol–water partition coefficient (Wildman–Crippen LogP) is 1.44. The van der Waals surface area contributed by atoms with E-state index in [9.17, 15) is 0 Å². The van der Waals surface area contributed by atoms with Crippen LogP contribution >= 0.6 is 0 Å². The molecule has 1 unspecified atom stereocenters. The van der Waals surface area contributed by atoms with Gasteiger partial charge in [0, 0.05) is 26.0 Å². The maximum Gasteiger partial charge on any atom is 0.159 e. The summed E-state index contributed by atoms with van der Waals surface area (Å²) in [5.41, 5.74) is 1.65. The maximum atomic E-state index is 5.16. The molecule has 4 aromatic rings. The number of rotatable bonds is 6. The van der Waals surface area contributed by atoms with Crippen LogP contribution in [-0.4, -0.2) is 52.6 Å². The Morgan fingerprint density at radius 1 is 1.24 bits per heavy atom. The van der Waals surface area contributed by atoms with E-state index in [2.05, 4.69) is 36.8 Å². The minimum Gasteiger partial charge on any atom is -0.383 e. The number of imidazole rings is 1. The van der Waals surface area contributed by atoms with Crippen molar-refractivity contribution in [2.45, 2.75) is 19.5 Å². The number of aromatic nitrogens is 8. The molecule has 0 spiro atoms. The molecular weight excluding hydrogens is 320 g/mol. The van der Waals surface area contributed by atoms with Crippen LogP contribution in [0.4, 0.5) is 0 Å². The van der Waals surface area contributed by atoms with E-state index in [1.165, 1.54) is 6.33 Å². The van der Waals surface area contributed by atoms with E-state index in [0.717, 1.165) is 23.0 Å². The van der Waals surface area contributed by atoms with E-state index in [1.54, 1.807) is 24.1 Å². The quantitative estimate of drug-likeness (QED) is 0.529. The van der Waals surface area contributed by atoms with E-state index in [1.807, 2.05) is 29.0 Å². The second-order valence-corrected chi connectivity index (χ2v) is 5.65. The first kappa shape index (κ1) is 15.5. The van der Waals surface area contributed by atoms with Crippen molar-refractivity contribution in [3.8, 4) is 11.5 Å². The topological polar surface area (TPSA) is 88.0 Å². The predicted molar refractivity (Wildman–Crippen MR) is 89.9 cm³/mol. The largest absolute Gasteiger partial charge is 0.383 e. The van der Waals surface area contributed by atoms with Gasteiger partial charge in [0.25, 0.3) is 0 Å². The first-order chi connectivity index (χ1) is 12.3. The van der Waals surface area contributed by atoms with Gasteiger partial charge in [0.15, 0.2) is 17.3 Å². The zero-order valence-corrected chi connectivity index (χ0v) is 14.0. The van der Waals surface area contributed by atoms with Crippen LogP contribution in [-0.2, 0) is 11.3 Å². The van der Waals surface area contributed by atoms with Gasteiger partial charge in [0.1, 0.15) is 18.3 Å². The van der Waals surface area contributed by atoms with Gasteiger partial charge in [-0.1, -0.05) is 6.07 Å². The van der Waals surface area contributed by atoms with Gasteiger partial charge in [-0.15, -0.1) is 10.2 Å². The number of fused-ring (bicyclic) bond motifs is 1. The van der Waals surface area contributed by atoms with Crippen molar-refractivity contribution < 1.29 is 4.74 Å². The summed E-state index contributed by atoms with van der Waals surface area (Å²) in [6, 6.07) is 5.79. The molecule has 25 heavy (non-hydrogen) atoms. The Morgan fingerprint density at radius 3 is 3.04 bits per heavy atom. The molecular formula is C16H18N8O. The minimum absolute atomic E-state index is 0.0457. The second-order valence-electron chi connectivity index (χ2n) is 5.65. The minimum atomic E-state index is -0.0457. The molecule has 0 aromatic carbocycles. The SMILES string of the molecule is COCCn1cnnc1C(C)n1ccnc1-c1cccc2ncnn12. The maximum absolute atomic E-state index is 5.16. The molecule has 0 aliphatic heterocycles. The van der Waals surface area contributed by atoms with Crippen LogP contribution in [0.25, 0.3) is 17.2 Å². The average molecular weight is 338 g/mol. The molecule has 0 saturated carbocycles. The van der Waals surface area contributed by atoms with Gasteiger partial charge >= 0.3 is 0 Å². The fourth-order valence-corrected chi connectivity index (χ4v) is 2.91. The summed E-state index contributed by atoms with van der Waals surface area (Å²) >= 11 is 0. The number of methoxy groups -OCH3 is 1. The lowest BCUT2D eigenvalue weighted by Gasteiger charge is -2.17. The van der Waals surface area contributed by atoms with Crippen molar-refractivity contribution >= 4 is 5.65 Å². The van der Waals surface area contributed by atoms with Crippen molar-refractivity contribution in [1.82, 2.24) is 38.9 Å². The highest BCUT2D eigenvalue weighted by atomic mass is 16.5. The molecule has 9 heteroatoms. The third-order valence-corrected chi connectivity index (χ3v) is 4.17. The Balaban J connectivity index is 1.75. The zero-order chi connectivity index (χ0) is 17.2. The Morgan fingerprint density at radius 2 is 2.16 bits per heavy atom. The third-order valence-electron chi connectivity index (χ3n) is 4.17. The van der Waals surface area contributed by atoms with Crippen molar-refractivity contribution in [3.63, 3.8) is 0 Å². The molecule has 128 valence electrons. The average Bonchev–Trinajstić information content (AvgIpc) is 3.38. The number of nitrogens with zero attached hydrogens (tertiary/aromatic N) is 8. The highest BCUT2D eigenvalue weighted by Gasteiger charge is 2.20. The van der Waals surface area contributed by atoms with E-state index in [0.29, 0.717) is 13.2 Å². The Hall–Kier alpha value is -3.07. The van der Waals surface area contributed by atoms with Crippen LogP contribution < -0.4 is 0 Å². The highest BCUT2D eigenvalue weighted by Crippen LogP contribution is 2.24. The molecule has 4 heterocycles. The molecule has 9 nitrogen and oxygen atoms in total. The molecule has 4 aromatic heterocycles. The summed E-state index contributed by atoms with van der Waals surface area (Å²) in [5, 5.41) is 12.6. The summed E-state index contributed by atoms with van der Waals surface area (Å²) in [6.45, 7) is 3.37. The lowest BCUT2D eigenvalue weighted by molar-refractivity contribution is 0.185. The molecule has 0 aliphatic rings. The smallest absolute Gasteiger partial charge is 0.159 e. The summed E-state index contributed by atoms with van der Waals surface area (Å²) in [5.74, 6) is 1.65. The van der Waals surface area contributed by atoms with Gasteiger partial charge in [-0.05, 0) is 19.1 Å². The molecule has 0 fully saturated rings. The molecule has 1 atom stereocenters. The van der Waals surface area contributed by atoms with Gasteiger partial charge in [-0.3, -0.25) is 0 Å². The van der Waals surface area contributed by atoms with Gasteiger partial charge in [0.05, 0.1) is 12.6 Å². The van der Waals surface area contributed by atoms with Crippen molar-refractivity contribution in [2.24, 2.45) is 0 Å². The highest BCUT2D eigenvalue weighted by molar-refractivity contribution is 5.56. The van der Waals surface area contributed by atoms with Gasteiger partial charge < -0.3 is 13.9 Å². The van der Waals surface area contributed by atoms with Crippen LogP contribution in [0.5, 0.6) is 0 Å². The van der Waals surface area contributed by atoms with Crippen LogP contribution in [0.1, 0.15) is 18.8 Å². The number of pyridine rings is 1. The lowest BCUT2D eigenvalue weighted by atomic mass is 10.2. The first-order valence-corrected chi connectivity index (χ1v) is 7.98. The van der Waals surface area contributed by atoms with Gasteiger partial charge in [0.2, 0.25) is 0 Å². The monoisotopic (exact) mass is 338 g/mol. The molecule has 0 saturated heterocycles. The summed E-state index contributed by atoms with van der Waals surface area (Å²) in [6.07, 6.45) is 6.97. The normalized spacial score (nSPS) is 12.7. The molecule has 0 N–H and O–H groups in total. The number of ether oxygens (including phenoxy) is 1. The summed E-state index contributed by atoms with van der Waals surface area (Å²) in [7, 11) is 1.68. The molecule has 0 amide bonds. The Labute approximate surface area is 143 Å². The van der Waals surface area contributed by atoms with Crippen molar-refractivity contribution in [3.05, 3.63) is 49.1 Å². The molecule has 0 bridgehead atoms. The Bertz CT molecular complexity index is 985. The first-order valence-electron chi connectivity index (χ1n) is 7.98. The van der Waals surface area contributed by atoms with Gasteiger partial charge in [-0.2, -0.15) is 5.10 Å². The van der Waals surface area contributed by atoms with Crippen LogP contribution in [0.15, 0.2) is 43.2 Å². The standard InChI is InChI=1S/C16H18N8O/c1-12(15-21-19-11-22(15)8-9-25-2)23-7-6-17-16(23)13-4-3-5-14-18-10-20-24(13)14/h3-7,10-12H,8-9H2,1-2H3. The van der Waals surface area contributed by atoms with Crippen LogP contribution in [0, 0.1) is 0 Å². The van der Waals surface area contributed by atoms with Gasteiger partial charge in [-0.25, -0.2) is 14.5 Å². The van der Waals surface area contributed by atoms with Crippen LogP contribution in [0.2, 0.25) is 0 Å². The lowest BCUT2D eigenvalue weighted by Crippen LogP contribution is -2.16. The Kier molecular flexibility index (Phi) is 3.98. The third kappa shape index (κ3) is 2.68. The summed E-state index contributed by atoms with van der Waals surface area (Å²) < 4.78 is 11.0. The van der Waals surface area contributed by atoms with Crippen molar-refractivity contribution in [1.29, 1.82) is 0 Å². The molecule has 0 radical (unpaired) electrons. The molecule has 4 rings (SSSR count). The number of hydrogen-bond acceptors (Lipinski definition) is 6. The van der Waals surface area contributed by atoms with E-state index in [-0.39, 0.29) is 6.04 Å². The number of hydrogen-bond donors (Lipinski definition) is 0. The summed E-state index contributed by atoms with van der Waals surface area (Å²) in [4.78, 5) is 8.77. The second kappa shape index (κ2) is 6.44. The van der Waals surface area contributed by atoms with E-state index < -0.39 is 0 Å². The molecule has 0 aliphatic carbocycles. The van der Waals surface area contributed by atoms with Crippen molar-refractivity contribution in [2.75, 3.05) is 13.7 Å². The van der Waals surface area contributed by atoms with E-state index in [4.69, 9.17) is 4.74 Å². The fraction of sp³-hybridized carbons (Fsp3) is 0.312. The van der Waals surface area contributed by atoms with Crippen LogP contribution in [0.3, 0.4) is 0 Å².